The van der Waals surface area contributed by atoms with E-state index in [1.54, 1.807) is 9.58 Å². The van der Waals surface area contributed by atoms with E-state index < -0.39 is 0 Å². The van der Waals surface area contributed by atoms with Crippen LogP contribution in [0.1, 0.15) is 38.6 Å². The summed E-state index contributed by atoms with van der Waals surface area (Å²) in [7, 11) is 0. The van der Waals surface area contributed by atoms with Crippen molar-refractivity contribution in [2.75, 3.05) is 13.1 Å². The van der Waals surface area contributed by atoms with Gasteiger partial charge in [-0.2, -0.15) is 5.10 Å². The van der Waals surface area contributed by atoms with Crippen molar-refractivity contribution in [3.8, 4) is 0 Å². The van der Waals surface area contributed by atoms with Crippen LogP contribution in [0.2, 0.25) is 5.02 Å². The minimum atomic E-state index is -0.272. The Kier molecular flexibility index (Phi) is 5.04. The minimum Gasteiger partial charge on any atom is -0.354 e. The van der Waals surface area contributed by atoms with Gasteiger partial charge in [-0.1, -0.05) is 11.6 Å². The standard InChI is InChI=1S/C16H25ClN4O2/c1-10-14(17)11(2)21(19-10)7-6-18-15(23)12-8-13(22)20(9-12)16(3,4)5/h12H,6-9H2,1-5H3,(H,18,23). The molecule has 2 heterocycles. The molecular formula is C16H25ClN4O2. The highest BCUT2D eigenvalue weighted by Crippen LogP contribution is 2.25. The molecule has 6 nitrogen and oxygen atoms in total. The van der Waals surface area contributed by atoms with Crippen molar-refractivity contribution in [3.05, 3.63) is 16.4 Å². The van der Waals surface area contributed by atoms with Crippen molar-refractivity contribution in [3.63, 3.8) is 0 Å². The van der Waals surface area contributed by atoms with Gasteiger partial charge >= 0.3 is 0 Å². The van der Waals surface area contributed by atoms with Crippen LogP contribution in [-0.2, 0) is 16.1 Å². The van der Waals surface area contributed by atoms with Crippen LogP contribution in [-0.4, -0.2) is 45.1 Å². The average Bonchev–Trinajstić information content (AvgIpc) is 2.95. The van der Waals surface area contributed by atoms with Gasteiger partial charge in [0.05, 0.1) is 28.9 Å². The molecule has 2 rings (SSSR count). The van der Waals surface area contributed by atoms with Crippen LogP contribution in [0, 0.1) is 19.8 Å². The van der Waals surface area contributed by atoms with Crippen molar-refractivity contribution in [1.29, 1.82) is 0 Å². The van der Waals surface area contributed by atoms with Crippen LogP contribution in [0.25, 0.3) is 0 Å². The highest BCUT2D eigenvalue weighted by molar-refractivity contribution is 6.31. The fourth-order valence-electron chi connectivity index (χ4n) is 2.85. The molecule has 1 atom stereocenters. The lowest BCUT2D eigenvalue weighted by Gasteiger charge is -2.31. The molecule has 2 amide bonds. The Morgan fingerprint density at radius 2 is 2.04 bits per heavy atom. The number of likely N-dealkylation sites (tertiary alicyclic amines) is 1. The van der Waals surface area contributed by atoms with Crippen LogP contribution in [0.15, 0.2) is 0 Å². The molecule has 1 unspecified atom stereocenters. The number of amides is 2. The number of carbonyl (C=O) groups is 2. The molecule has 0 bridgehead atoms. The summed E-state index contributed by atoms with van der Waals surface area (Å²) >= 11 is 6.10. The highest BCUT2D eigenvalue weighted by Gasteiger charge is 2.39. The monoisotopic (exact) mass is 340 g/mol. The van der Waals surface area contributed by atoms with Gasteiger partial charge in [-0.3, -0.25) is 14.3 Å². The number of nitrogens with one attached hydrogen (secondary N) is 1. The Labute approximate surface area is 142 Å². The smallest absolute Gasteiger partial charge is 0.225 e. The molecule has 7 heteroatoms. The summed E-state index contributed by atoms with van der Waals surface area (Å²) < 4.78 is 1.79. The zero-order valence-corrected chi connectivity index (χ0v) is 15.2. The molecular weight excluding hydrogens is 316 g/mol. The van der Waals surface area contributed by atoms with E-state index in [9.17, 15) is 9.59 Å². The quantitative estimate of drug-likeness (QED) is 0.910. The van der Waals surface area contributed by atoms with Gasteiger partial charge in [0.1, 0.15) is 0 Å². The molecule has 1 aromatic rings. The SMILES string of the molecule is Cc1nn(CCNC(=O)C2CC(=O)N(C(C)(C)C)C2)c(C)c1Cl. The topological polar surface area (TPSA) is 67.2 Å². The van der Waals surface area contributed by atoms with Gasteiger partial charge in [-0.15, -0.1) is 0 Å². The normalized spacial score (nSPS) is 18.6. The molecule has 23 heavy (non-hydrogen) atoms. The van der Waals surface area contributed by atoms with E-state index in [4.69, 9.17) is 11.6 Å². The lowest BCUT2D eigenvalue weighted by molar-refractivity contribution is -0.132. The van der Waals surface area contributed by atoms with E-state index in [-0.39, 0.29) is 29.7 Å². The van der Waals surface area contributed by atoms with E-state index in [1.807, 2.05) is 34.6 Å². The second kappa shape index (κ2) is 6.51. The Hall–Kier alpha value is -1.56. The maximum Gasteiger partial charge on any atom is 0.225 e. The number of hydrogen-bond donors (Lipinski definition) is 1. The molecule has 1 fully saturated rings. The first-order chi connectivity index (χ1) is 10.6. The molecule has 128 valence electrons. The van der Waals surface area contributed by atoms with E-state index >= 15 is 0 Å². The molecule has 1 saturated heterocycles. The van der Waals surface area contributed by atoms with E-state index in [0.717, 1.165) is 11.4 Å². The van der Waals surface area contributed by atoms with Gasteiger partial charge in [0.25, 0.3) is 0 Å². The molecule has 0 aromatic carbocycles. The van der Waals surface area contributed by atoms with Gasteiger partial charge in [0.2, 0.25) is 11.8 Å². The largest absolute Gasteiger partial charge is 0.354 e. The zero-order valence-electron chi connectivity index (χ0n) is 14.4. The number of hydrogen-bond acceptors (Lipinski definition) is 3. The predicted octanol–water partition coefficient (Wildman–Crippen LogP) is 1.92. The van der Waals surface area contributed by atoms with Crippen LogP contribution < -0.4 is 5.32 Å². The summed E-state index contributed by atoms with van der Waals surface area (Å²) in [6.07, 6.45) is 0.287. The van der Waals surface area contributed by atoms with Crippen molar-refractivity contribution < 1.29 is 9.59 Å². The average molecular weight is 341 g/mol. The Morgan fingerprint density at radius 1 is 1.39 bits per heavy atom. The van der Waals surface area contributed by atoms with Crippen molar-refractivity contribution >= 4 is 23.4 Å². The molecule has 0 spiro atoms. The summed E-state index contributed by atoms with van der Waals surface area (Å²) in [4.78, 5) is 26.1. The molecule has 0 radical (unpaired) electrons. The van der Waals surface area contributed by atoms with Crippen molar-refractivity contribution in [1.82, 2.24) is 20.0 Å². The van der Waals surface area contributed by atoms with Gasteiger partial charge in [-0.25, -0.2) is 0 Å². The van der Waals surface area contributed by atoms with E-state index in [0.29, 0.717) is 24.7 Å². The van der Waals surface area contributed by atoms with Crippen molar-refractivity contribution in [2.45, 2.75) is 53.1 Å². The molecule has 1 N–H and O–H groups in total. The number of aryl methyl sites for hydroxylation is 1. The first-order valence-corrected chi connectivity index (χ1v) is 8.26. The summed E-state index contributed by atoms with van der Waals surface area (Å²) in [5.74, 6) is -0.300. The molecule has 1 aromatic heterocycles. The van der Waals surface area contributed by atoms with Crippen LogP contribution in [0.4, 0.5) is 0 Å². The molecule has 0 aliphatic carbocycles. The third-order valence-corrected chi connectivity index (χ3v) is 4.77. The number of carbonyl (C=O) groups excluding carboxylic acids is 2. The summed E-state index contributed by atoms with van der Waals surface area (Å²) in [5.41, 5.74) is 1.44. The van der Waals surface area contributed by atoms with Gasteiger partial charge in [0, 0.05) is 25.0 Å². The third-order valence-electron chi connectivity index (χ3n) is 4.22. The molecule has 1 aliphatic rings. The Balaban J connectivity index is 1.86. The Morgan fingerprint density at radius 3 is 2.52 bits per heavy atom. The predicted molar refractivity (Wildman–Crippen MR) is 89.3 cm³/mol. The second-order valence-corrected chi connectivity index (χ2v) is 7.45. The first-order valence-electron chi connectivity index (χ1n) is 7.89. The summed E-state index contributed by atoms with van der Waals surface area (Å²) in [6.45, 7) is 11.2. The van der Waals surface area contributed by atoms with Gasteiger partial charge < -0.3 is 10.2 Å². The van der Waals surface area contributed by atoms with Crippen molar-refractivity contribution in [2.24, 2.45) is 5.92 Å². The van der Waals surface area contributed by atoms with Crippen LogP contribution in [0.3, 0.4) is 0 Å². The van der Waals surface area contributed by atoms with Gasteiger partial charge in [0.15, 0.2) is 0 Å². The number of rotatable bonds is 4. The maximum absolute atomic E-state index is 12.3. The second-order valence-electron chi connectivity index (χ2n) is 7.08. The van der Waals surface area contributed by atoms with Gasteiger partial charge in [-0.05, 0) is 34.6 Å². The van der Waals surface area contributed by atoms with Crippen LogP contribution in [0.5, 0.6) is 0 Å². The number of halogens is 1. The van der Waals surface area contributed by atoms with E-state index in [2.05, 4.69) is 10.4 Å². The lowest BCUT2D eigenvalue weighted by Crippen LogP contribution is -2.43. The lowest BCUT2D eigenvalue weighted by atomic mass is 10.1. The van der Waals surface area contributed by atoms with E-state index in [1.165, 1.54) is 0 Å². The zero-order chi connectivity index (χ0) is 17.4. The minimum absolute atomic E-state index is 0.0444. The number of aromatic nitrogens is 2. The van der Waals surface area contributed by atoms with Crippen LogP contribution >= 0.6 is 11.6 Å². The molecule has 0 saturated carbocycles. The third kappa shape index (κ3) is 3.86. The molecule has 1 aliphatic heterocycles. The first kappa shape index (κ1) is 17.8. The fourth-order valence-corrected chi connectivity index (χ4v) is 2.99. The Bertz CT molecular complexity index is 618. The summed E-state index contributed by atoms with van der Waals surface area (Å²) in [6, 6.07) is 0. The summed E-state index contributed by atoms with van der Waals surface area (Å²) in [5, 5.41) is 7.90. The number of nitrogens with zero attached hydrogens (tertiary/aromatic N) is 3. The fraction of sp³-hybridized carbons (Fsp3) is 0.688. The maximum atomic E-state index is 12.3. The highest BCUT2D eigenvalue weighted by atomic mass is 35.5.